The van der Waals surface area contributed by atoms with Crippen molar-refractivity contribution >= 4 is 34.9 Å². The van der Waals surface area contributed by atoms with Crippen LogP contribution in [0.15, 0.2) is 36.0 Å². The summed E-state index contributed by atoms with van der Waals surface area (Å²) in [6.45, 7) is 1.21. The fraction of sp³-hybridized carbons (Fsp3) is 0.267. The molecule has 0 aromatic carbocycles. The standard InChI is InChI=1S/C15H14ClN3O2S/c16-11-8-17-15(18-9-11)21-12-5-6-19(10-12)14(20)4-3-13-2-1-7-22-13/h1-4,7-9,12H,5-6,10H2/b4-3+. The summed E-state index contributed by atoms with van der Waals surface area (Å²) in [5.41, 5.74) is 0. The van der Waals surface area contributed by atoms with Gasteiger partial charge in [-0.3, -0.25) is 4.79 Å². The SMILES string of the molecule is O=C(/C=C/c1cccs1)N1CCC(Oc2ncc(Cl)cn2)C1. The molecule has 22 heavy (non-hydrogen) atoms. The van der Waals surface area contributed by atoms with Gasteiger partial charge < -0.3 is 9.64 Å². The van der Waals surface area contributed by atoms with Gasteiger partial charge in [0.25, 0.3) is 0 Å². The molecule has 3 rings (SSSR count). The van der Waals surface area contributed by atoms with Crippen molar-refractivity contribution in [2.45, 2.75) is 12.5 Å². The van der Waals surface area contributed by atoms with Crippen LogP contribution in [0.5, 0.6) is 6.01 Å². The normalized spacial score (nSPS) is 18.0. The number of halogens is 1. The highest BCUT2D eigenvalue weighted by Crippen LogP contribution is 2.17. The highest BCUT2D eigenvalue weighted by atomic mass is 35.5. The fourth-order valence-electron chi connectivity index (χ4n) is 2.18. The van der Waals surface area contributed by atoms with E-state index in [1.54, 1.807) is 22.3 Å². The number of amides is 1. The molecule has 1 atom stereocenters. The van der Waals surface area contributed by atoms with E-state index in [0.29, 0.717) is 18.1 Å². The molecule has 0 saturated carbocycles. The zero-order valence-electron chi connectivity index (χ0n) is 11.7. The lowest BCUT2D eigenvalue weighted by molar-refractivity contribution is -0.125. The van der Waals surface area contributed by atoms with Crippen molar-refractivity contribution in [2.75, 3.05) is 13.1 Å². The predicted molar refractivity (Wildman–Crippen MR) is 86.0 cm³/mol. The number of hydrogen-bond acceptors (Lipinski definition) is 5. The van der Waals surface area contributed by atoms with E-state index in [1.807, 2.05) is 23.6 Å². The quantitative estimate of drug-likeness (QED) is 0.806. The highest BCUT2D eigenvalue weighted by molar-refractivity contribution is 7.10. The second-order valence-corrected chi connectivity index (χ2v) is 6.26. The van der Waals surface area contributed by atoms with E-state index in [9.17, 15) is 4.79 Å². The number of carbonyl (C=O) groups excluding carboxylic acids is 1. The Labute approximate surface area is 137 Å². The van der Waals surface area contributed by atoms with Crippen molar-refractivity contribution in [1.29, 1.82) is 0 Å². The number of likely N-dealkylation sites (tertiary alicyclic amines) is 1. The van der Waals surface area contributed by atoms with Gasteiger partial charge in [-0.05, 0) is 17.5 Å². The molecule has 7 heteroatoms. The number of rotatable bonds is 4. The van der Waals surface area contributed by atoms with Crippen LogP contribution in [0.2, 0.25) is 5.02 Å². The number of hydrogen-bond donors (Lipinski definition) is 0. The first-order valence-corrected chi connectivity index (χ1v) is 8.11. The Kier molecular flexibility index (Phi) is 4.70. The highest BCUT2D eigenvalue weighted by Gasteiger charge is 2.27. The van der Waals surface area contributed by atoms with E-state index in [1.165, 1.54) is 12.4 Å². The van der Waals surface area contributed by atoms with E-state index in [4.69, 9.17) is 16.3 Å². The first kappa shape index (κ1) is 15.0. The Bertz CT molecular complexity index is 658. The second-order valence-electron chi connectivity index (χ2n) is 4.85. The Balaban J connectivity index is 1.53. The molecule has 1 unspecified atom stereocenters. The molecule has 5 nitrogen and oxygen atoms in total. The van der Waals surface area contributed by atoms with Crippen molar-refractivity contribution in [2.24, 2.45) is 0 Å². The van der Waals surface area contributed by atoms with Crippen LogP contribution in [0.4, 0.5) is 0 Å². The summed E-state index contributed by atoms with van der Waals surface area (Å²) >= 11 is 7.33. The third kappa shape index (κ3) is 3.84. The van der Waals surface area contributed by atoms with E-state index in [-0.39, 0.29) is 18.0 Å². The molecule has 1 saturated heterocycles. The smallest absolute Gasteiger partial charge is 0.316 e. The summed E-state index contributed by atoms with van der Waals surface area (Å²) in [4.78, 5) is 23.0. The summed E-state index contributed by atoms with van der Waals surface area (Å²) in [6, 6.07) is 4.22. The zero-order valence-corrected chi connectivity index (χ0v) is 13.3. The molecule has 0 bridgehead atoms. The Hall–Kier alpha value is -1.92. The summed E-state index contributed by atoms with van der Waals surface area (Å²) in [5, 5.41) is 2.45. The van der Waals surface area contributed by atoms with Gasteiger partial charge in [0.2, 0.25) is 5.91 Å². The maximum absolute atomic E-state index is 12.1. The van der Waals surface area contributed by atoms with E-state index < -0.39 is 0 Å². The van der Waals surface area contributed by atoms with Crippen LogP contribution < -0.4 is 4.74 Å². The van der Waals surface area contributed by atoms with Crippen LogP contribution in [0.1, 0.15) is 11.3 Å². The van der Waals surface area contributed by atoms with Crippen LogP contribution in [0.25, 0.3) is 6.08 Å². The molecule has 0 spiro atoms. The predicted octanol–water partition coefficient (Wildman–Crippen LogP) is 2.88. The van der Waals surface area contributed by atoms with Crippen molar-refractivity contribution in [1.82, 2.24) is 14.9 Å². The molecule has 3 heterocycles. The molecule has 2 aromatic rings. The minimum absolute atomic E-state index is 0.00322. The van der Waals surface area contributed by atoms with Gasteiger partial charge in [0, 0.05) is 23.9 Å². The monoisotopic (exact) mass is 335 g/mol. The molecule has 1 aliphatic rings. The van der Waals surface area contributed by atoms with Crippen molar-refractivity contribution < 1.29 is 9.53 Å². The van der Waals surface area contributed by atoms with Crippen molar-refractivity contribution in [3.63, 3.8) is 0 Å². The first-order chi connectivity index (χ1) is 10.7. The Morgan fingerprint density at radius 1 is 1.45 bits per heavy atom. The molecule has 0 radical (unpaired) electrons. The average Bonchev–Trinajstić information content (AvgIpc) is 3.19. The van der Waals surface area contributed by atoms with Gasteiger partial charge in [0.1, 0.15) is 6.10 Å². The maximum atomic E-state index is 12.1. The average molecular weight is 336 g/mol. The molecule has 0 aliphatic carbocycles. The van der Waals surface area contributed by atoms with Gasteiger partial charge in [0.05, 0.1) is 24.0 Å². The van der Waals surface area contributed by atoms with Crippen LogP contribution >= 0.6 is 22.9 Å². The summed E-state index contributed by atoms with van der Waals surface area (Å²) < 4.78 is 5.66. The van der Waals surface area contributed by atoms with Gasteiger partial charge in [-0.25, -0.2) is 9.97 Å². The number of nitrogens with zero attached hydrogens (tertiary/aromatic N) is 3. The third-order valence-electron chi connectivity index (χ3n) is 3.26. The number of ether oxygens (including phenoxy) is 1. The van der Waals surface area contributed by atoms with Gasteiger partial charge in [-0.1, -0.05) is 17.7 Å². The number of aromatic nitrogens is 2. The third-order valence-corrected chi connectivity index (χ3v) is 4.29. The Morgan fingerprint density at radius 3 is 3.00 bits per heavy atom. The zero-order chi connectivity index (χ0) is 15.4. The van der Waals surface area contributed by atoms with Gasteiger partial charge in [-0.15, -0.1) is 11.3 Å². The van der Waals surface area contributed by atoms with E-state index >= 15 is 0 Å². The van der Waals surface area contributed by atoms with Crippen LogP contribution in [-0.2, 0) is 4.79 Å². The molecule has 114 valence electrons. The molecular weight excluding hydrogens is 322 g/mol. The minimum Gasteiger partial charge on any atom is -0.458 e. The van der Waals surface area contributed by atoms with Crippen LogP contribution in [0.3, 0.4) is 0 Å². The van der Waals surface area contributed by atoms with Gasteiger partial charge >= 0.3 is 6.01 Å². The van der Waals surface area contributed by atoms with Crippen molar-refractivity contribution in [3.05, 3.63) is 45.9 Å². The summed E-state index contributed by atoms with van der Waals surface area (Å²) in [6.07, 6.45) is 7.11. The van der Waals surface area contributed by atoms with Crippen molar-refractivity contribution in [3.8, 4) is 6.01 Å². The lowest BCUT2D eigenvalue weighted by Crippen LogP contribution is -2.29. The number of thiophene rings is 1. The fourth-order valence-corrected chi connectivity index (χ4v) is 2.90. The topological polar surface area (TPSA) is 55.3 Å². The van der Waals surface area contributed by atoms with Gasteiger partial charge in [-0.2, -0.15) is 0 Å². The number of carbonyl (C=O) groups is 1. The molecule has 1 amide bonds. The summed E-state index contributed by atoms with van der Waals surface area (Å²) in [5.74, 6) is -0.00322. The molecule has 1 fully saturated rings. The van der Waals surface area contributed by atoms with E-state index in [0.717, 1.165) is 11.3 Å². The summed E-state index contributed by atoms with van der Waals surface area (Å²) in [7, 11) is 0. The van der Waals surface area contributed by atoms with Crippen LogP contribution in [0, 0.1) is 0 Å². The molecular formula is C15H14ClN3O2S. The molecule has 1 aliphatic heterocycles. The van der Waals surface area contributed by atoms with E-state index in [2.05, 4.69) is 9.97 Å². The van der Waals surface area contributed by atoms with Crippen LogP contribution in [-0.4, -0.2) is 40.0 Å². The lowest BCUT2D eigenvalue weighted by Gasteiger charge is -2.14. The molecule has 0 N–H and O–H groups in total. The maximum Gasteiger partial charge on any atom is 0.316 e. The first-order valence-electron chi connectivity index (χ1n) is 6.85. The lowest BCUT2D eigenvalue weighted by atomic mass is 10.3. The Morgan fingerprint density at radius 2 is 2.27 bits per heavy atom. The minimum atomic E-state index is -0.0831. The van der Waals surface area contributed by atoms with Gasteiger partial charge in [0.15, 0.2) is 0 Å². The largest absolute Gasteiger partial charge is 0.458 e. The molecule has 2 aromatic heterocycles. The second kappa shape index (κ2) is 6.89.